The summed E-state index contributed by atoms with van der Waals surface area (Å²) in [5, 5.41) is 6.80. The first kappa shape index (κ1) is 26.2. The number of hydrogen-bond acceptors (Lipinski definition) is 3. The van der Waals surface area contributed by atoms with Crippen LogP contribution >= 0.6 is 0 Å². The number of hydrogen-bond donors (Lipinski definition) is 0. The molecule has 0 atom stereocenters. The van der Waals surface area contributed by atoms with Crippen molar-refractivity contribution in [2.45, 2.75) is 0 Å². The molecule has 0 aliphatic carbocycles. The van der Waals surface area contributed by atoms with Gasteiger partial charge in [0.1, 0.15) is 5.58 Å². The molecule has 0 N–H and O–H groups in total. The first-order valence-electron chi connectivity index (χ1n) is 15.5. The van der Waals surface area contributed by atoms with Crippen molar-refractivity contribution < 1.29 is 4.42 Å². The van der Waals surface area contributed by atoms with Crippen LogP contribution in [-0.4, -0.2) is 4.98 Å². The highest BCUT2D eigenvalue weighted by Gasteiger charge is 2.23. The molecule has 46 heavy (non-hydrogen) atoms. The summed E-state index contributed by atoms with van der Waals surface area (Å²) in [4.78, 5) is 6.77. The van der Waals surface area contributed by atoms with E-state index in [-0.39, 0.29) is 0 Å². The molecule has 0 bridgehead atoms. The summed E-state index contributed by atoms with van der Waals surface area (Å²) in [7, 11) is 0. The van der Waals surface area contributed by atoms with Crippen LogP contribution in [0.1, 0.15) is 0 Å². The van der Waals surface area contributed by atoms with E-state index in [1.54, 1.807) is 0 Å². The van der Waals surface area contributed by atoms with Crippen molar-refractivity contribution in [2.75, 3.05) is 4.90 Å². The Balaban J connectivity index is 1.33. The van der Waals surface area contributed by atoms with E-state index in [1.165, 1.54) is 21.9 Å². The summed E-state index contributed by atoms with van der Waals surface area (Å²) >= 11 is 0. The smallest absolute Gasteiger partial charge is 0.153 e. The van der Waals surface area contributed by atoms with Crippen LogP contribution in [0, 0.1) is 0 Å². The molecule has 3 heteroatoms. The lowest BCUT2D eigenvalue weighted by molar-refractivity contribution is 0.670. The SMILES string of the molecule is c1ccc(-c2ccccc2N(c2ccc(-c3cccc4ccccc34)cc2)c2cc3ccccc3c3oc4cnccc4c23)cc1. The summed E-state index contributed by atoms with van der Waals surface area (Å²) < 4.78 is 6.57. The topological polar surface area (TPSA) is 29.3 Å². The number of nitrogens with zero attached hydrogens (tertiary/aromatic N) is 2. The lowest BCUT2D eigenvalue weighted by atomic mass is 9.97. The van der Waals surface area contributed by atoms with E-state index in [0.29, 0.717) is 0 Å². The third-order valence-electron chi connectivity index (χ3n) is 8.94. The van der Waals surface area contributed by atoms with E-state index in [0.717, 1.165) is 60.9 Å². The minimum atomic E-state index is 0.776. The summed E-state index contributed by atoms with van der Waals surface area (Å²) in [6.07, 6.45) is 3.66. The highest BCUT2D eigenvalue weighted by Crippen LogP contribution is 2.48. The van der Waals surface area contributed by atoms with Crippen LogP contribution in [0.25, 0.3) is 65.7 Å². The summed E-state index contributed by atoms with van der Waals surface area (Å²) in [5.74, 6) is 0. The molecule has 0 fully saturated rings. The van der Waals surface area contributed by atoms with Crippen molar-refractivity contribution >= 4 is 60.5 Å². The largest absolute Gasteiger partial charge is 0.454 e. The summed E-state index contributed by atoms with van der Waals surface area (Å²) in [6, 6.07) is 56.1. The second-order valence-corrected chi connectivity index (χ2v) is 11.6. The second-order valence-electron chi connectivity index (χ2n) is 11.6. The van der Waals surface area contributed by atoms with Gasteiger partial charge in [0.15, 0.2) is 5.58 Å². The van der Waals surface area contributed by atoms with Gasteiger partial charge in [0, 0.05) is 28.2 Å². The van der Waals surface area contributed by atoms with Gasteiger partial charge >= 0.3 is 0 Å². The number of benzene rings is 7. The molecule has 2 aromatic heterocycles. The first-order chi connectivity index (χ1) is 22.8. The predicted octanol–water partition coefficient (Wildman–Crippen LogP) is 12.1. The highest BCUT2D eigenvalue weighted by molar-refractivity contribution is 6.22. The molecule has 0 saturated carbocycles. The van der Waals surface area contributed by atoms with Gasteiger partial charge in [-0.15, -0.1) is 0 Å². The van der Waals surface area contributed by atoms with Gasteiger partial charge in [-0.05, 0) is 63.2 Å². The molecule has 2 heterocycles. The van der Waals surface area contributed by atoms with Crippen LogP contribution in [0.4, 0.5) is 17.1 Å². The van der Waals surface area contributed by atoms with E-state index < -0.39 is 0 Å². The summed E-state index contributed by atoms with van der Waals surface area (Å²) in [6.45, 7) is 0. The number of pyridine rings is 1. The van der Waals surface area contributed by atoms with Crippen LogP contribution in [-0.2, 0) is 0 Å². The van der Waals surface area contributed by atoms with Crippen molar-refractivity contribution in [1.82, 2.24) is 4.98 Å². The zero-order valence-electron chi connectivity index (χ0n) is 25.0. The fourth-order valence-corrected chi connectivity index (χ4v) is 6.83. The van der Waals surface area contributed by atoms with Crippen molar-refractivity contribution in [1.29, 1.82) is 0 Å². The van der Waals surface area contributed by atoms with Crippen molar-refractivity contribution in [3.8, 4) is 22.3 Å². The van der Waals surface area contributed by atoms with E-state index in [4.69, 9.17) is 4.42 Å². The molecule has 0 radical (unpaired) electrons. The standard InChI is InChI=1S/C43H28N2O/c1-2-11-30(12-3-1)36-17-8-9-20-39(36)45(33-23-21-31(22-24-33)35-19-10-15-29-13-4-6-16-34(29)35)40-27-32-14-5-7-18-37(32)43-42(40)38-25-26-44-28-41(38)46-43/h1-28H. The molecular formula is C43H28N2O. The third-order valence-corrected chi connectivity index (χ3v) is 8.94. The van der Waals surface area contributed by atoms with E-state index in [9.17, 15) is 0 Å². The lowest BCUT2D eigenvalue weighted by Crippen LogP contribution is -2.11. The number of fused-ring (bicyclic) bond motifs is 6. The van der Waals surface area contributed by atoms with Gasteiger partial charge in [-0.25, -0.2) is 0 Å². The minimum Gasteiger partial charge on any atom is -0.454 e. The van der Waals surface area contributed by atoms with Crippen molar-refractivity contribution in [2.24, 2.45) is 0 Å². The summed E-state index contributed by atoms with van der Waals surface area (Å²) in [5.41, 5.74) is 9.57. The third kappa shape index (κ3) is 4.25. The highest BCUT2D eigenvalue weighted by atomic mass is 16.3. The van der Waals surface area contributed by atoms with Crippen LogP contribution in [0.5, 0.6) is 0 Å². The number of furan rings is 1. The Morgan fingerprint density at radius 1 is 0.478 bits per heavy atom. The quantitative estimate of drug-likeness (QED) is 0.200. The minimum absolute atomic E-state index is 0.776. The van der Waals surface area contributed by atoms with Gasteiger partial charge in [-0.2, -0.15) is 0 Å². The van der Waals surface area contributed by atoms with Crippen LogP contribution in [0.3, 0.4) is 0 Å². The van der Waals surface area contributed by atoms with E-state index >= 15 is 0 Å². The van der Waals surface area contributed by atoms with E-state index in [1.807, 2.05) is 12.4 Å². The fraction of sp³-hybridized carbons (Fsp3) is 0. The molecule has 0 aliphatic rings. The van der Waals surface area contributed by atoms with Gasteiger partial charge in [-0.3, -0.25) is 4.98 Å². The van der Waals surface area contributed by atoms with Crippen molar-refractivity contribution in [3.05, 3.63) is 170 Å². The predicted molar refractivity (Wildman–Crippen MR) is 192 cm³/mol. The molecule has 3 nitrogen and oxygen atoms in total. The molecular weight excluding hydrogens is 560 g/mol. The average Bonchev–Trinajstić information content (AvgIpc) is 3.53. The Morgan fingerprint density at radius 3 is 2.02 bits per heavy atom. The van der Waals surface area contributed by atoms with Gasteiger partial charge in [0.05, 0.1) is 23.0 Å². The maximum absolute atomic E-state index is 6.57. The second kappa shape index (κ2) is 10.8. The number of para-hydroxylation sites is 1. The molecule has 0 aliphatic heterocycles. The Bertz CT molecular complexity index is 2530. The zero-order valence-corrected chi connectivity index (χ0v) is 25.0. The lowest BCUT2D eigenvalue weighted by Gasteiger charge is -2.29. The molecule has 0 saturated heterocycles. The monoisotopic (exact) mass is 588 g/mol. The molecule has 216 valence electrons. The molecule has 7 aromatic carbocycles. The molecule has 9 aromatic rings. The van der Waals surface area contributed by atoms with Crippen LogP contribution in [0.2, 0.25) is 0 Å². The number of rotatable bonds is 5. The maximum atomic E-state index is 6.57. The van der Waals surface area contributed by atoms with Gasteiger partial charge in [0.25, 0.3) is 0 Å². The average molecular weight is 589 g/mol. The number of aromatic nitrogens is 1. The van der Waals surface area contributed by atoms with E-state index in [2.05, 4.69) is 168 Å². The Hall–Kier alpha value is -6.19. The first-order valence-corrected chi connectivity index (χ1v) is 15.5. The fourth-order valence-electron chi connectivity index (χ4n) is 6.83. The Labute approximate surface area is 266 Å². The van der Waals surface area contributed by atoms with Gasteiger partial charge in [0.2, 0.25) is 0 Å². The number of anilines is 3. The van der Waals surface area contributed by atoms with Gasteiger partial charge < -0.3 is 9.32 Å². The maximum Gasteiger partial charge on any atom is 0.153 e. The molecule has 9 rings (SSSR count). The zero-order chi connectivity index (χ0) is 30.5. The Morgan fingerprint density at radius 2 is 1.15 bits per heavy atom. The van der Waals surface area contributed by atoms with Crippen LogP contribution < -0.4 is 4.90 Å². The van der Waals surface area contributed by atoms with Crippen LogP contribution in [0.15, 0.2) is 175 Å². The normalized spacial score (nSPS) is 11.5. The van der Waals surface area contributed by atoms with Gasteiger partial charge in [-0.1, -0.05) is 127 Å². The Kier molecular flexibility index (Phi) is 6.14. The molecule has 0 unspecified atom stereocenters. The molecule has 0 amide bonds. The molecule has 0 spiro atoms. The van der Waals surface area contributed by atoms with Crippen molar-refractivity contribution in [3.63, 3.8) is 0 Å².